The van der Waals surface area contributed by atoms with Crippen LogP contribution in [0.2, 0.25) is 0 Å². The molecule has 2 fully saturated rings. The Morgan fingerprint density at radius 1 is 1.04 bits per heavy atom. The van der Waals surface area contributed by atoms with Crippen LogP contribution in [-0.2, 0) is 11.3 Å². The van der Waals surface area contributed by atoms with E-state index in [1.54, 1.807) is 6.07 Å². The van der Waals surface area contributed by atoms with Crippen LogP contribution in [-0.4, -0.2) is 69.3 Å². The minimum absolute atomic E-state index is 0.0573. The Bertz CT molecular complexity index is 550. The lowest BCUT2D eigenvalue weighted by Gasteiger charge is -2.34. The number of halogens is 1. The second-order valence-corrected chi connectivity index (χ2v) is 7.33. The molecule has 2 heterocycles. The zero-order valence-corrected chi connectivity index (χ0v) is 15.2. The molecule has 1 aromatic rings. The van der Waals surface area contributed by atoms with Gasteiger partial charge in [0, 0.05) is 51.5 Å². The van der Waals surface area contributed by atoms with Gasteiger partial charge in [0.25, 0.3) is 0 Å². The molecule has 24 heavy (non-hydrogen) atoms. The van der Waals surface area contributed by atoms with Crippen molar-refractivity contribution in [3.05, 3.63) is 29.1 Å². The number of hydrogen-bond donors (Lipinski definition) is 0. The van der Waals surface area contributed by atoms with E-state index >= 15 is 0 Å². The highest BCUT2D eigenvalue weighted by molar-refractivity contribution is 5.53. The average molecular weight is 335 g/mol. The van der Waals surface area contributed by atoms with Crippen molar-refractivity contribution in [1.82, 2.24) is 9.80 Å². The van der Waals surface area contributed by atoms with Gasteiger partial charge in [-0.1, -0.05) is 13.8 Å². The van der Waals surface area contributed by atoms with Gasteiger partial charge < -0.3 is 14.5 Å². The van der Waals surface area contributed by atoms with Crippen LogP contribution in [0.25, 0.3) is 0 Å². The van der Waals surface area contributed by atoms with E-state index in [1.807, 2.05) is 0 Å². The first-order valence-electron chi connectivity index (χ1n) is 9.10. The second kappa shape index (κ2) is 7.81. The third-order valence-electron chi connectivity index (χ3n) is 5.14. The van der Waals surface area contributed by atoms with Crippen LogP contribution in [0.3, 0.4) is 0 Å². The first-order valence-corrected chi connectivity index (χ1v) is 9.10. The first kappa shape index (κ1) is 17.6. The third-order valence-corrected chi connectivity index (χ3v) is 5.14. The van der Waals surface area contributed by atoms with E-state index < -0.39 is 0 Å². The predicted octanol–water partition coefficient (Wildman–Crippen LogP) is 2.53. The Balaban J connectivity index is 1.84. The van der Waals surface area contributed by atoms with Crippen molar-refractivity contribution >= 4 is 5.69 Å². The van der Waals surface area contributed by atoms with Crippen molar-refractivity contribution in [3.63, 3.8) is 0 Å². The van der Waals surface area contributed by atoms with Crippen LogP contribution in [0.1, 0.15) is 30.9 Å². The molecular formula is C19H30FN3O. The number of ether oxygens (including phenoxy) is 1. The topological polar surface area (TPSA) is 19.0 Å². The second-order valence-electron chi connectivity index (χ2n) is 7.33. The van der Waals surface area contributed by atoms with Crippen LogP contribution in [0.15, 0.2) is 12.1 Å². The molecule has 0 radical (unpaired) electrons. The number of likely N-dealkylation sites (N-methyl/N-ethyl adjacent to an activating group) is 1. The molecule has 4 nitrogen and oxygen atoms in total. The highest BCUT2D eigenvalue weighted by Gasteiger charge is 2.21. The average Bonchev–Trinajstić information content (AvgIpc) is 2.57. The summed E-state index contributed by atoms with van der Waals surface area (Å²) in [6.07, 6.45) is 0. The van der Waals surface area contributed by atoms with Crippen LogP contribution in [0.5, 0.6) is 0 Å². The largest absolute Gasteiger partial charge is 0.378 e. The van der Waals surface area contributed by atoms with Crippen molar-refractivity contribution in [2.45, 2.75) is 26.3 Å². The molecule has 2 aliphatic rings. The Hall–Kier alpha value is -1.17. The molecule has 0 amide bonds. The number of benzene rings is 1. The van der Waals surface area contributed by atoms with Crippen LogP contribution in [0.4, 0.5) is 10.1 Å². The minimum Gasteiger partial charge on any atom is -0.378 e. The number of piperazine rings is 1. The van der Waals surface area contributed by atoms with Crippen molar-refractivity contribution in [1.29, 1.82) is 0 Å². The fraction of sp³-hybridized carbons (Fsp3) is 0.684. The molecule has 0 aliphatic carbocycles. The van der Waals surface area contributed by atoms with Crippen molar-refractivity contribution in [2.75, 3.05) is 64.4 Å². The zero-order valence-electron chi connectivity index (χ0n) is 15.2. The number of anilines is 1. The summed E-state index contributed by atoms with van der Waals surface area (Å²) in [7, 11) is 2.16. The molecule has 0 bridgehead atoms. The molecule has 0 aromatic heterocycles. The highest BCUT2D eigenvalue weighted by atomic mass is 19.1. The van der Waals surface area contributed by atoms with Gasteiger partial charge in [-0.3, -0.25) is 4.90 Å². The van der Waals surface area contributed by atoms with Crippen LogP contribution in [0, 0.1) is 5.82 Å². The maximum Gasteiger partial charge on any atom is 0.129 e. The third kappa shape index (κ3) is 4.08. The fourth-order valence-electron chi connectivity index (χ4n) is 3.69. The lowest BCUT2D eigenvalue weighted by atomic mass is 9.95. The first-order chi connectivity index (χ1) is 11.5. The van der Waals surface area contributed by atoms with Crippen LogP contribution < -0.4 is 4.90 Å². The lowest BCUT2D eigenvalue weighted by Crippen LogP contribution is -2.44. The number of nitrogens with zero attached hydrogens (tertiary/aromatic N) is 3. The molecule has 3 rings (SSSR count). The van der Waals surface area contributed by atoms with Gasteiger partial charge in [-0.15, -0.1) is 0 Å². The summed E-state index contributed by atoms with van der Waals surface area (Å²) in [6, 6.07) is 3.93. The van der Waals surface area contributed by atoms with Gasteiger partial charge in [-0.05, 0) is 36.2 Å². The van der Waals surface area contributed by atoms with Gasteiger partial charge in [-0.2, -0.15) is 0 Å². The van der Waals surface area contributed by atoms with Crippen molar-refractivity contribution in [3.8, 4) is 0 Å². The molecule has 0 saturated carbocycles. The van der Waals surface area contributed by atoms with Gasteiger partial charge in [0.2, 0.25) is 0 Å². The molecule has 5 heteroatoms. The Labute approximate surface area is 145 Å². The zero-order chi connectivity index (χ0) is 17.1. The highest BCUT2D eigenvalue weighted by Crippen LogP contribution is 2.30. The molecule has 2 saturated heterocycles. The van der Waals surface area contributed by atoms with Crippen molar-refractivity contribution < 1.29 is 9.13 Å². The maximum absolute atomic E-state index is 14.8. The number of hydrogen-bond acceptors (Lipinski definition) is 4. The Morgan fingerprint density at radius 2 is 1.71 bits per heavy atom. The van der Waals surface area contributed by atoms with E-state index in [2.05, 4.69) is 41.7 Å². The standard InChI is InChI=1S/C19H30FN3O/c1-15(2)19-16(14-22-6-4-21(3)5-7-22)12-17(13-18(19)20)23-8-10-24-11-9-23/h12-13,15H,4-11,14H2,1-3H3. The molecule has 134 valence electrons. The minimum atomic E-state index is -0.0573. The number of rotatable bonds is 4. The summed E-state index contributed by atoms with van der Waals surface area (Å²) in [5.41, 5.74) is 3.03. The monoisotopic (exact) mass is 335 g/mol. The van der Waals surface area contributed by atoms with E-state index in [0.29, 0.717) is 0 Å². The lowest BCUT2D eigenvalue weighted by molar-refractivity contribution is 0.122. The molecule has 0 spiro atoms. The quantitative estimate of drug-likeness (QED) is 0.842. The molecule has 0 atom stereocenters. The summed E-state index contributed by atoms with van der Waals surface area (Å²) >= 11 is 0. The summed E-state index contributed by atoms with van der Waals surface area (Å²) in [5.74, 6) is 0.143. The maximum atomic E-state index is 14.8. The van der Waals surface area contributed by atoms with Gasteiger partial charge >= 0.3 is 0 Å². The predicted molar refractivity (Wildman–Crippen MR) is 96.3 cm³/mol. The van der Waals surface area contributed by atoms with E-state index in [1.165, 1.54) is 0 Å². The van der Waals surface area contributed by atoms with Gasteiger partial charge in [0.05, 0.1) is 13.2 Å². The van der Waals surface area contributed by atoms with Gasteiger partial charge in [-0.25, -0.2) is 4.39 Å². The summed E-state index contributed by atoms with van der Waals surface area (Å²) < 4.78 is 20.3. The molecule has 0 unspecified atom stereocenters. The Morgan fingerprint density at radius 3 is 2.33 bits per heavy atom. The molecule has 1 aromatic carbocycles. The Kier molecular flexibility index (Phi) is 5.74. The molecule has 2 aliphatic heterocycles. The van der Waals surface area contributed by atoms with Gasteiger partial charge in [0.1, 0.15) is 5.82 Å². The van der Waals surface area contributed by atoms with E-state index in [4.69, 9.17) is 4.74 Å². The number of morpholine rings is 1. The summed E-state index contributed by atoms with van der Waals surface area (Å²) in [5, 5.41) is 0. The summed E-state index contributed by atoms with van der Waals surface area (Å²) in [6.45, 7) is 12.4. The van der Waals surface area contributed by atoms with E-state index in [9.17, 15) is 4.39 Å². The van der Waals surface area contributed by atoms with E-state index in [-0.39, 0.29) is 11.7 Å². The van der Waals surface area contributed by atoms with Crippen molar-refractivity contribution in [2.24, 2.45) is 0 Å². The van der Waals surface area contributed by atoms with Crippen LogP contribution >= 0.6 is 0 Å². The molecule has 0 N–H and O–H groups in total. The summed E-state index contributed by atoms with van der Waals surface area (Å²) in [4.78, 5) is 7.04. The fourth-order valence-corrected chi connectivity index (χ4v) is 3.69. The van der Waals surface area contributed by atoms with E-state index in [0.717, 1.165) is 75.8 Å². The molecular weight excluding hydrogens is 305 g/mol. The SMILES string of the molecule is CC(C)c1c(F)cc(N2CCOCC2)cc1CN1CCN(C)CC1. The smallest absolute Gasteiger partial charge is 0.129 e. The van der Waals surface area contributed by atoms with Gasteiger partial charge in [0.15, 0.2) is 0 Å². The normalized spacial score (nSPS) is 20.8.